The molecule has 4 nitrogen and oxygen atoms in total. The Balaban J connectivity index is 3.31. The molecule has 0 bridgehead atoms. The Morgan fingerprint density at radius 1 is 0.792 bits per heavy atom. The Hall–Kier alpha value is -1.32. The number of carbonyl (C=O) groups is 2. The highest BCUT2D eigenvalue weighted by Gasteiger charge is 2.12. The van der Waals surface area contributed by atoms with Crippen molar-refractivity contribution in [1.29, 1.82) is 0 Å². The van der Waals surface area contributed by atoms with Crippen LogP contribution in [-0.4, -0.2) is 25.7 Å². The molecule has 0 aromatic heterocycles. The number of esters is 2. The summed E-state index contributed by atoms with van der Waals surface area (Å²) in [4.78, 5) is 22.6. The molecule has 0 rings (SSSR count). The standard InChI is InChI=1S/C20H36O4/c1-4-5-6-7-8-9-10-11-12-13-14-15-16-24-20(22)18(2)17-19(21)23-3/h2,4-17H2,1,3H3. The zero-order valence-corrected chi connectivity index (χ0v) is 15.7. The van der Waals surface area contributed by atoms with Crippen LogP contribution in [0.25, 0.3) is 0 Å². The summed E-state index contributed by atoms with van der Waals surface area (Å²) >= 11 is 0. The van der Waals surface area contributed by atoms with E-state index in [9.17, 15) is 9.59 Å². The van der Waals surface area contributed by atoms with Gasteiger partial charge in [-0.25, -0.2) is 4.79 Å². The Bertz CT molecular complexity index is 350. The van der Waals surface area contributed by atoms with E-state index in [4.69, 9.17) is 4.74 Å². The van der Waals surface area contributed by atoms with Gasteiger partial charge in [0, 0.05) is 5.57 Å². The van der Waals surface area contributed by atoms with Crippen molar-refractivity contribution in [2.45, 2.75) is 90.4 Å². The van der Waals surface area contributed by atoms with Gasteiger partial charge in [-0.1, -0.05) is 84.1 Å². The maximum absolute atomic E-state index is 11.6. The van der Waals surface area contributed by atoms with Gasteiger partial charge >= 0.3 is 11.9 Å². The molecule has 0 atom stereocenters. The predicted molar refractivity (Wildman–Crippen MR) is 97.8 cm³/mol. The minimum Gasteiger partial charge on any atom is -0.469 e. The Kier molecular flexibility index (Phi) is 15.6. The van der Waals surface area contributed by atoms with E-state index in [0.29, 0.717) is 6.61 Å². The minimum absolute atomic E-state index is 0.103. The average molecular weight is 341 g/mol. The molecule has 0 saturated carbocycles. The molecular formula is C20H36O4. The zero-order chi connectivity index (χ0) is 18.0. The van der Waals surface area contributed by atoms with E-state index in [1.54, 1.807) is 0 Å². The molecule has 0 aliphatic carbocycles. The van der Waals surface area contributed by atoms with E-state index in [2.05, 4.69) is 18.2 Å². The molecule has 4 heteroatoms. The molecule has 24 heavy (non-hydrogen) atoms. The fourth-order valence-electron chi connectivity index (χ4n) is 2.53. The molecule has 0 radical (unpaired) electrons. The van der Waals surface area contributed by atoms with Crippen LogP contribution in [0.4, 0.5) is 0 Å². The van der Waals surface area contributed by atoms with Crippen molar-refractivity contribution in [3.05, 3.63) is 12.2 Å². The third-order valence-electron chi connectivity index (χ3n) is 4.11. The lowest BCUT2D eigenvalue weighted by atomic mass is 10.1. The summed E-state index contributed by atoms with van der Waals surface area (Å²) in [6.07, 6.45) is 15.2. The summed E-state index contributed by atoms with van der Waals surface area (Å²) in [7, 11) is 1.29. The first-order chi connectivity index (χ1) is 11.6. The number of methoxy groups -OCH3 is 1. The Morgan fingerprint density at radius 3 is 1.71 bits per heavy atom. The van der Waals surface area contributed by atoms with Crippen LogP contribution in [0, 0.1) is 0 Å². The fraction of sp³-hybridized carbons (Fsp3) is 0.800. The predicted octanol–water partition coefficient (Wildman–Crippen LogP) is 5.35. The minimum atomic E-state index is -0.497. The summed E-state index contributed by atoms with van der Waals surface area (Å²) in [6, 6.07) is 0. The number of hydrogen-bond donors (Lipinski definition) is 0. The molecule has 0 saturated heterocycles. The van der Waals surface area contributed by atoms with Gasteiger partial charge < -0.3 is 9.47 Å². The first-order valence-electron chi connectivity index (χ1n) is 9.53. The van der Waals surface area contributed by atoms with Gasteiger partial charge in [0.1, 0.15) is 0 Å². The highest BCUT2D eigenvalue weighted by atomic mass is 16.5. The lowest BCUT2D eigenvalue weighted by molar-refractivity contribution is -0.144. The average Bonchev–Trinajstić information content (AvgIpc) is 2.58. The van der Waals surface area contributed by atoms with Crippen molar-refractivity contribution in [3.8, 4) is 0 Å². The molecule has 0 amide bonds. The number of unbranched alkanes of at least 4 members (excludes halogenated alkanes) is 11. The number of hydrogen-bond acceptors (Lipinski definition) is 4. The first kappa shape index (κ1) is 22.7. The van der Waals surface area contributed by atoms with Gasteiger partial charge in [0.25, 0.3) is 0 Å². The van der Waals surface area contributed by atoms with Crippen LogP contribution in [0.3, 0.4) is 0 Å². The summed E-state index contributed by atoms with van der Waals surface area (Å²) < 4.78 is 9.58. The number of carbonyl (C=O) groups excluding carboxylic acids is 2. The van der Waals surface area contributed by atoms with E-state index >= 15 is 0 Å². The summed E-state index contributed by atoms with van der Waals surface area (Å²) in [5.41, 5.74) is 0.154. The molecule has 0 aliphatic heterocycles. The molecule has 140 valence electrons. The van der Waals surface area contributed by atoms with E-state index < -0.39 is 11.9 Å². The second kappa shape index (κ2) is 16.5. The van der Waals surface area contributed by atoms with E-state index in [1.807, 2.05) is 0 Å². The summed E-state index contributed by atoms with van der Waals surface area (Å²) in [5, 5.41) is 0. The summed E-state index contributed by atoms with van der Waals surface area (Å²) in [6.45, 7) is 6.20. The SMILES string of the molecule is C=C(CC(=O)OC)C(=O)OCCCCCCCCCCCCCC. The highest BCUT2D eigenvalue weighted by Crippen LogP contribution is 2.12. The number of ether oxygens (including phenoxy) is 2. The van der Waals surface area contributed by atoms with Gasteiger partial charge in [-0.05, 0) is 6.42 Å². The maximum Gasteiger partial charge on any atom is 0.333 e. The first-order valence-corrected chi connectivity index (χ1v) is 9.53. The van der Waals surface area contributed by atoms with E-state index in [1.165, 1.54) is 71.3 Å². The van der Waals surface area contributed by atoms with Crippen LogP contribution in [0.1, 0.15) is 90.4 Å². The van der Waals surface area contributed by atoms with Crippen molar-refractivity contribution in [1.82, 2.24) is 0 Å². The molecule has 0 fully saturated rings. The highest BCUT2D eigenvalue weighted by molar-refractivity contribution is 5.93. The lowest BCUT2D eigenvalue weighted by Gasteiger charge is -2.06. The summed E-state index contributed by atoms with van der Waals surface area (Å²) in [5.74, 6) is -0.967. The van der Waals surface area contributed by atoms with Crippen molar-refractivity contribution in [2.75, 3.05) is 13.7 Å². The van der Waals surface area contributed by atoms with Crippen LogP contribution in [0.2, 0.25) is 0 Å². The van der Waals surface area contributed by atoms with Crippen LogP contribution in [-0.2, 0) is 19.1 Å². The zero-order valence-electron chi connectivity index (χ0n) is 15.7. The molecule has 0 spiro atoms. The molecule has 0 aromatic rings. The Morgan fingerprint density at radius 2 is 1.25 bits per heavy atom. The monoisotopic (exact) mass is 340 g/mol. The smallest absolute Gasteiger partial charge is 0.333 e. The molecule has 0 heterocycles. The third kappa shape index (κ3) is 14.3. The molecule has 0 N–H and O–H groups in total. The second-order valence-electron chi connectivity index (χ2n) is 6.38. The van der Waals surface area contributed by atoms with Gasteiger partial charge in [-0.2, -0.15) is 0 Å². The van der Waals surface area contributed by atoms with Crippen molar-refractivity contribution >= 4 is 11.9 Å². The molecule has 0 aromatic carbocycles. The molecule has 0 unspecified atom stereocenters. The van der Waals surface area contributed by atoms with Crippen LogP contribution in [0.5, 0.6) is 0 Å². The van der Waals surface area contributed by atoms with Crippen molar-refractivity contribution in [2.24, 2.45) is 0 Å². The normalized spacial score (nSPS) is 10.4. The second-order valence-corrected chi connectivity index (χ2v) is 6.38. The van der Waals surface area contributed by atoms with Gasteiger partial charge in [-0.15, -0.1) is 0 Å². The fourth-order valence-corrected chi connectivity index (χ4v) is 2.53. The largest absolute Gasteiger partial charge is 0.469 e. The number of rotatable bonds is 16. The van der Waals surface area contributed by atoms with Gasteiger partial charge in [0.05, 0.1) is 20.1 Å². The van der Waals surface area contributed by atoms with Gasteiger partial charge in [0.15, 0.2) is 0 Å². The molecule has 0 aliphatic rings. The molecular weight excluding hydrogens is 304 g/mol. The Labute approximate surface area is 148 Å². The van der Waals surface area contributed by atoms with Crippen molar-refractivity contribution < 1.29 is 19.1 Å². The lowest BCUT2D eigenvalue weighted by Crippen LogP contribution is -2.12. The van der Waals surface area contributed by atoms with Crippen LogP contribution < -0.4 is 0 Å². The third-order valence-corrected chi connectivity index (χ3v) is 4.11. The van der Waals surface area contributed by atoms with Gasteiger partial charge in [0.2, 0.25) is 0 Å². The van der Waals surface area contributed by atoms with E-state index in [-0.39, 0.29) is 12.0 Å². The topological polar surface area (TPSA) is 52.6 Å². The van der Waals surface area contributed by atoms with E-state index in [0.717, 1.165) is 12.8 Å². The van der Waals surface area contributed by atoms with Crippen molar-refractivity contribution in [3.63, 3.8) is 0 Å². The quantitative estimate of drug-likeness (QED) is 0.216. The van der Waals surface area contributed by atoms with Gasteiger partial charge in [-0.3, -0.25) is 4.79 Å². The van der Waals surface area contributed by atoms with Crippen LogP contribution >= 0.6 is 0 Å². The van der Waals surface area contributed by atoms with Crippen LogP contribution in [0.15, 0.2) is 12.2 Å². The maximum atomic E-state index is 11.6.